The van der Waals surface area contributed by atoms with Gasteiger partial charge in [-0.3, -0.25) is 0 Å². The quantitative estimate of drug-likeness (QED) is 0.744. The smallest absolute Gasteiger partial charge is 0.376 e. The predicted octanol–water partition coefficient (Wildman–Crippen LogP) is 0.418. The Labute approximate surface area is 88.7 Å². The molecule has 0 fully saturated rings. The molecule has 2 heterocycles. The zero-order chi connectivity index (χ0) is 10.8. The van der Waals surface area contributed by atoms with E-state index in [1.165, 1.54) is 18.6 Å². The van der Waals surface area contributed by atoms with Crippen LogP contribution in [0.15, 0.2) is 0 Å². The molecule has 0 unspecified atom stereocenters. The van der Waals surface area contributed by atoms with Gasteiger partial charge in [0.25, 0.3) is 0 Å². The third-order valence-corrected chi connectivity index (χ3v) is 2.22. The molecule has 0 bridgehead atoms. The number of nitrogens with one attached hydrogen (secondary N) is 1. The van der Waals surface area contributed by atoms with Crippen molar-refractivity contribution in [2.45, 2.75) is 6.92 Å². The summed E-state index contributed by atoms with van der Waals surface area (Å²) in [7, 11) is 1.27. The van der Waals surface area contributed by atoms with E-state index in [2.05, 4.69) is 29.3 Å². The topological polar surface area (TPSA) is 93.7 Å². The first-order chi connectivity index (χ1) is 7.20. The molecule has 7 nitrogen and oxygen atoms in total. The average Bonchev–Trinajstić information content (AvgIpc) is 2.84. The van der Waals surface area contributed by atoms with Gasteiger partial charge in [0.15, 0.2) is 0 Å². The number of hydrogen-bond acceptors (Lipinski definition) is 7. The number of nitrogens with zero attached hydrogens (tertiary/aromatic N) is 4. The zero-order valence-corrected chi connectivity index (χ0v) is 8.83. The van der Waals surface area contributed by atoms with E-state index in [-0.39, 0.29) is 5.82 Å². The van der Waals surface area contributed by atoms with Crippen molar-refractivity contribution in [1.82, 2.24) is 24.5 Å². The fourth-order valence-electron chi connectivity index (χ4n) is 0.947. The van der Waals surface area contributed by atoms with Crippen LogP contribution in [0.3, 0.4) is 0 Å². The van der Waals surface area contributed by atoms with Crippen molar-refractivity contribution in [3.63, 3.8) is 0 Å². The van der Waals surface area contributed by atoms with Crippen molar-refractivity contribution in [2.75, 3.05) is 7.11 Å². The summed E-state index contributed by atoms with van der Waals surface area (Å²) in [5.41, 5.74) is 0. The lowest BCUT2D eigenvalue weighted by Gasteiger charge is -1.90. The molecule has 78 valence electrons. The Balaban J connectivity index is 2.31. The van der Waals surface area contributed by atoms with Gasteiger partial charge in [-0.2, -0.15) is 4.37 Å². The van der Waals surface area contributed by atoms with E-state index < -0.39 is 5.97 Å². The van der Waals surface area contributed by atoms with Crippen LogP contribution in [0.4, 0.5) is 0 Å². The molecule has 0 aromatic carbocycles. The minimum atomic E-state index is -0.569. The molecule has 0 aliphatic carbocycles. The van der Waals surface area contributed by atoms with E-state index >= 15 is 0 Å². The van der Waals surface area contributed by atoms with Gasteiger partial charge in [0, 0.05) is 0 Å². The Hall–Kier alpha value is -1.83. The fraction of sp³-hybridized carbons (Fsp3) is 0.286. The van der Waals surface area contributed by atoms with Crippen LogP contribution in [0.2, 0.25) is 0 Å². The maximum atomic E-state index is 11.1. The molecule has 0 saturated carbocycles. The van der Waals surface area contributed by atoms with Crippen LogP contribution in [0.25, 0.3) is 11.6 Å². The third-order valence-electron chi connectivity index (χ3n) is 1.60. The predicted molar refractivity (Wildman–Crippen MR) is 51.4 cm³/mol. The highest BCUT2D eigenvalue weighted by Crippen LogP contribution is 2.12. The van der Waals surface area contributed by atoms with Gasteiger partial charge in [-0.15, -0.1) is 10.2 Å². The molecule has 15 heavy (non-hydrogen) atoms. The summed E-state index contributed by atoms with van der Waals surface area (Å²) in [6.45, 7) is 1.83. The Morgan fingerprint density at radius 3 is 2.87 bits per heavy atom. The molecule has 0 radical (unpaired) electrons. The van der Waals surface area contributed by atoms with Gasteiger partial charge in [-0.1, -0.05) is 0 Å². The summed E-state index contributed by atoms with van der Waals surface area (Å²) in [5.74, 6) is 0.264. The third kappa shape index (κ3) is 1.84. The second kappa shape index (κ2) is 3.73. The van der Waals surface area contributed by atoms with Crippen molar-refractivity contribution < 1.29 is 9.53 Å². The van der Waals surface area contributed by atoms with Crippen molar-refractivity contribution in [1.29, 1.82) is 0 Å². The van der Waals surface area contributed by atoms with Gasteiger partial charge in [0.2, 0.25) is 17.5 Å². The molecule has 0 aliphatic rings. The summed E-state index contributed by atoms with van der Waals surface area (Å²) in [6, 6.07) is 0. The van der Waals surface area contributed by atoms with Crippen LogP contribution in [-0.4, -0.2) is 37.6 Å². The SMILES string of the molecule is COC(=O)c1nnc(-c2nsc(C)n2)[nH]1. The number of ether oxygens (including phenoxy) is 1. The van der Waals surface area contributed by atoms with Crippen LogP contribution in [0.5, 0.6) is 0 Å². The molecular formula is C7H7N5O2S. The van der Waals surface area contributed by atoms with Crippen molar-refractivity contribution in [3.8, 4) is 11.6 Å². The van der Waals surface area contributed by atoms with Gasteiger partial charge in [-0.05, 0) is 18.5 Å². The number of rotatable bonds is 2. The van der Waals surface area contributed by atoms with Crippen LogP contribution in [0, 0.1) is 6.92 Å². The van der Waals surface area contributed by atoms with Gasteiger partial charge < -0.3 is 9.72 Å². The first-order valence-electron chi connectivity index (χ1n) is 4.02. The van der Waals surface area contributed by atoms with E-state index in [0.717, 1.165) is 5.01 Å². The molecule has 1 N–H and O–H groups in total. The highest BCUT2D eigenvalue weighted by atomic mass is 32.1. The Morgan fingerprint density at radius 1 is 1.47 bits per heavy atom. The maximum Gasteiger partial charge on any atom is 0.376 e. The Kier molecular flexibility index (Phi) is 2.42. The zero-order valence-electron chi connectivity index (χ0n) is 8.01. The Bertz CT molecular complexity index is 491. The number of H-pyrrole nitrogens is 1. The largest absolute Gasteiger partial charge is 0.463 e. The summed E-state index contributed by atoms with van der Waals surface area (Å²) in [4.78, 5) is 17.8. The maximum absolute atomic E-state index is 11.1. The van der Waals surface area contributed by atoms with Gasteiger partial charge in [0.1, 0.15) is 5.01 Å². The lowest BCUT2D eigenvalue weighted by Crippen LogP contribution is -2.03. The number of hydrogen-bond donors (Lipinski definition) is 1. The number of carbonyl (C=O) groups excluding carboxylic acids is 1. The normalized spacial score (nSPS) is 10.3. The van der Waals surface area contributed by atoms with E-state index in [4.69, 9.17) is 0 Å². The first kappa shape index (κ1) is 9.71. The number of aromatic amines is 1. The second-order valence-corrected chi connectivity index (χ2v) is 3.61. The van der Waals surface area contributed by atoms with Crippen LogP contribution in [0.1, 0.15) is 15.6 Å². The lowest BCUT2D eigenvalue weighted by molar-refractivity contribution is 0.0587. The average molecular weight is 225 g/mol. The summed E-state index contributed by atoms with van der Waals surface area (Å²) in [6.07, 6.45) is 0. The van der Waals surface area contributed by atoms with E-state index in [0.29, 0.717) is 11.6 Å². The minimum absolute atomic E-state index is 0.0416. The molecule has 0 spiro atoms. The number of carbonyl (C=O) groups is 1. The fourth-order valence-corrected chi connectivity index (χ4v) is 1.42. The Morgan fingerprint density at radius 2 is 2.27 bits per heavy atom. The molecule has 2 rings (SSSR count). The van der Waals surface area contributed by atoms with Gasteiger partial charge in [-0.25, -0.2) is 9.78 Å². The van der Waals surface area contributed by atoms with E-state index in [9.17, 15) is 4.79 Å². The molecule has 0 saturated heterocycles. The molecule has 2 aromatic rings. The number of aromatic nitrogens is 5. The van der Waals surface area contributed by atoms with Crippen molar-refractivity contribution in [3.05, 3.63) is 10.8 Å². The monoisotopic (exact) mass is 225 g/mol. The summed E-state index contributed by atoms with van der Waals surface area (Å²) >= 11 is 1.26. The van der Waals surface area contributed by atoms with E-state index in [1.54, 1.807) is 0 Å². The second-order valence-electron chi connectivity index (χ2n) is 2.65. The van der Waals surface area contributed by atoms with Crippen molar-refractivity contribution >= 4 is 17.5 Å². The summed E-state index contributed by atoms with van der Waals surface area (Å²) < 4.78 is 8.51. The van der Waals surface area contributed by atoms with Crippen molar-refractivity contribution in [2.24, 2.45) is 0 Å². The number of aryl methyl sites for hydroxylation is 1. The van der Waals surface area contributed by atoms with Crippen LogP contribution >= 0.6 is 11.5 Å². The number of esters is 1. The van der Waals surface area contributed by atoms with Gasteiger partial charge >= 0.3 is 5.97 Å². The number of methoxy groups -OCH3 is 1. The first-order valence-corrected chi connectivity index (χ1v) is 4.79. The molecule has 0 aliphatic heterocycles. The van der Waals surface area contributed by atoms with Crippen LogP contribution in [-0.2, 0) is 4.74 Å². The molecule has 0 amide bonds. The molecule has 2 aromatic heterocycles. The molecular weight excluding hydrogens is 218 g/mol. The van der Waals surface area contributed by atoms with Crippen LogP contribution < -0.4 is 0 Å². The minimum Gasteiger partial charge on any atom is -0.463 e. The molecule has 0 atom stereocenters. The summed E-state index contributed by atoms with van der Waals surface area (Å²) in [5, 5.41) is 8.18. The molecule has 8 heteroatoms. The van der Waals surface area contributed by atoms with Gasteiger partial charge in [0.05, 0.1) is 7.11 Å². The lowest BCUT2D eigenvalue weighted by atomic mass is 10.5. The van der Waals surface area contributed by atoms with E-state index in [1.807, 2.05) is 6.92 Å². The standard InChI is InChI=1S/C7H7N5O2S/c1-3-8-5(12-15-3)4-9-6(11-10-4)7(13)14-2/h1-2H3,(H,9,10,11). The highest BCUT2D eigenvalue weighted by Gasteiger charge is 2.15. The highest BCUT2D eigenvalue weighted by molar-refractivity contribution is 7.05.